The number of hydrogen-bond donors (Lipinski definition) is 0. The van der Waals surface area contributed by atoms with Crippen molar-refractivity contribution in [2.24, 2.45) is 11.0 Å². The number of nitro groups is 1. The van der Waals surface area contributed by atoms with E-state index in [2.05, 4.69) is 21.0 Å². The maximum Gasteiger partial charge on any atom is 0.269 e. The number of nitrogens with zero attached hydrogens (tertiary/aromatic N) is 4. The molecule has 2 aliphatic heterocycles. The van der Waals surface area contributed by atoms with E-state index in [9.17, 15) is 19.7 Å². The molecule has 0 spiro atoms. The van der Waals surface area contributed by atoms with Gasteiger partial charge >= 0.3 is 0 Å². The summed E-state index contributed by atoms with van der Waals surface area (Å²) in [5.74, 6) is -1.57. The summed E-state index contributed by atoms with van der Waals surface area (Å²) in [4.78, 5) is 38.7. The normalized spacial score (nSPS) is 19.8. The second kappa shape index (κ2) is 7.69. The third-order valence-electron chi connectivity index (χ3n) is 5.53. The maximum absolute atomic E-state index is 13.5. The van der Waals surface area contributed by atoms with Crippen LogP contribution < -0.4 is 9.91 Å². The lowest BCUT2D eigenvalue weighted by Crippen LogP contribution is -2.39. The van der Waals surface area contributed by atoms with E-state index in [1.54, 1.807) is 41.4 Å². The predicted octanol–water partition coefficient (Wildman–Crippen LogP) is 4.14. The van der Waals surface area contributed by atoms with Crippen molar-refractivity contribution in [3.05, 3.63) is 99.0 Å². The molecule has 2 atom stereocenters. The Labute approximate surface area is 191 Å². The molecule has 0 saturated carbocycles. The number of carbonyl (C=O) groups excluding carboxylic acids is 2. The Bertz CT molecular complexity index is 1260. The number of fused-ring (bicyclic) bond motifs is 1. The molecule has 0 N–H and O–H groups in total. The standard InChI is InChI=1S/C23H15BrN4O4/c24-15-8-12-16(13-9-15)26-22(29)19-20(14-6-10-18(11-7-14)28(31)32)25-27(21(19)23(26)30)17-4-2-1-3-5-17/h1-13,19,21H. The molecule has 1 saturated heterocycles. The van der Waals surface area contributed by atoms with Crippen LogP contribution in [0.3, 0.4) is 0 Å². The van der Waals surface area contributed by atoms with Crippen LogP contribution >= 0.6 is 15.9 Å². The summed E-state index contributed by atoms with van der Waals surface area (Å²) in [7, 11) is 0. The number of carbonyl (C=O) groups is 2. The molecular formula is C23H15BrN4O4. The number of amides is 2. The van der Waals surface area contributed by atoms with Gasteiger partial charge in [-0.15, -0.1) is 0 Å². The van der Waals surface area contributed by atoms with E-state index in [1.165, 1.54) is 17.0 Å². The fourth-order valence-corrected chi connectivity index (χ4v) is 4.31. The number of non-ortho nitro benzene ring substituents is 1. The van der Waals surface area contributed by atoms with Crippen molar-refractivity contribution in [3.8, 4) is 0 Å². The molecule has 2 amide bonds. The number of imide groups is 1. The summed E-state index contributed by atoms with van der Waals surface area (Å²) < 4.78 is 0.833. The number of benzene rings is 3. The van der Waals surface area contributed by atoms with Crippen LogP contribution in [0.15, 0.2) is 88.4 Å². The minimum atomic E-state index is -0.835. The van der Waals surface area contributed by atoms with Gasteiger partial charge in [0, 0.05) is 16.6 Å². The topological polar surface area (TPSA) is 96.1 Å². The molecule has 32 heavy (non-hydrogen) atoms. The van der Waals surface area contributed by atoms with E-state index >= 15 is 0 Å². The highest BCUT2D eigenvalue weighted by molar-refractivity contribution is 9.10. The number of halogens is 1. The molecule has 2 aliphatic rings. The molecule has 0 radical (unpaired) electrons. The maximum atomic E-state index is 13.5. The highest BCUT2D eigenvalue weighted by Gasteiger charge is 2.57. The number of rotatable bonds is 4. The lowest BCUT2D eigenvalue weighted by atomic mass is 9.92. The SMILES string of the molecule is O=C1C2C(c3ccc([N+](=O)[O-])cc3)=NN(c3ccccc3)C2C(=O)N1c1ccc(Br)cc1. The number of nitro benzene ring substituents is 1. The lowest BCUT2D eigenvalue weighted by Gasteiger charge is -2.22. The second-order valence-electron chi connectivity index (χ2n) is 7.38. The third kappa shape index (κ3) is 3.18. The van der Waals surface area contributed by atoms with Crippen LogP contribution in [-0.2, 0) is 9.59 Å². The monoisotopic (exact) mass is 490 g/mol. The van der Waals surface area contributed by atoms with Crippen molar-refractivity contribution >= 4 is 50.5 Å². The van der Waals surface area contributed by atoms with Gasteiger partial charge in [-0.05, 0) is 54.1 Å². The van der Waals surface area contributed by atoms with Crippen LogP contribution in [0.1, 0.15) is 5.56 Å². The molecule has 5 rings (SSSR count). The smallest absolute Gasteiger partial charge is 0.269 e. The van der Waals surface area contributed by atoms with Crippen molar-refractivity contribution in [2.75, 3.05) is 9.91 Å². The van der Waals surface area contributed by atoms with E-state index in [4.69, 9.17) is 0 Å². The summed E-state index contributed by atoms with van der Waals surface area (Å²) in [6, 6.07) is 21.1. The molecule has 3 aromatic carbocycles. The largest absolute Gasteiger partial charge is 0.273 e. The average molecular weight is 491 g/mol. The van der Waals surface area contributed by atoms with Crippen LogP contribution in [0.25, 0.3) is 0 Å². The average Bonchev–Trinajstić information content (AvgIpc) is 3.32. The van der Waals surface area contributed by atoms with Gasteiger partial charge < -0.3 is 0 Å². The number of para-hydroxylation sites is 1. The van der Waals surface area contributed by atoms with E-state index < -0.39 is 16.9 Å². The summed E-state index contributed by atoms with van der Waals surface area (Å²) in [6.45, 7) is 0. The number of hydrogen-bond acceptors (Lipinski definition) is 6. The van der Waals surface area contributed by atoms with E-state index in [0.717, 1.165) is 4.47 Å². The molecule has 3 aromatic rings. The van der Waals surface area contributed by atoms with Crippen molar-refractivity contribution < 1.29 is 14.5 Å². The van der Waals surface area contributed by atoms with Crippen LogP contribution in [0.2, 0.25) is 0 Å². The Balaban J connectivity index is 1.61. The molecule has 0 aliphatic carbocycles. The highest BCUT2D eigenvalue weighted by Crippen LogP contribution is 2.39. The second-order valence-corrected chi connectivity index (χ2v) is 8.30. The Morgan fingerprint density at radius 2 is 1.50 bits per heavy atom. The molecule has 2 heterocycles. The first-order chi connectivity index (χ1) is 15.5. The highest BCUT2D eigenvalue weighted by atomic mass is 79.9. The lowest BCUT2D eigenvalue weighted by molar-refractivity contribution is -0.384. The van der Waals surface area contributed by atoms with Crippen LogP contribution in [0, 0.1) is 16.0 Å². The third-order valence-corrected chi connectivity index (χ3v) is 6.06. The zero-order chi connectivity index (χ0) is 22.4. The number of anilines is 2. The first kappa shape index (κ1) is 20.1. The van der Waals surface area contributed by atoms with Gasteiger partial charge in [-0.3, -0.25) is 24.7 Å². The summed E-state index contributed by atoms with van der Waals surface area (Å²) in [5.41, 5.74) is 2.07. The molecule has 2 unspecified atom stereocenters. The van der Waals surface area contributed by atoms with Crippen LogP contribution in [0.4, 0.5) is 17.1 Å². The van der Waals surface area contributed by atoms with Crippen LogP contribution in [0.5, 0.6) is 0 Å². The van der Waals surface area contributed by atoms with Crippen molar-refractivity contribution in [2.45, 2.75) is 6.04 Å². The van der Waals surface area contributed by atoms with Gasteiger partial charge in [-0.1, -0.05) is 34.1 Å². The number of hydrazone groups is 1. The summed E-state index contributed by atoms with van der Waals surface area (Å²) >= 11 is 3.37. The summed E-state index contributed by atoms with van der Waals surface area (Å²) in [5, 5.41) is 17.2. The molecule has 0 aromatic heterocycles. The molecule has 158 valence electrons. The van der Waals surface area contributed by atoms with Gasteiger partial charge in [-0.25, -0.2) is 4.90 Å². The molecular weight excluding hydrogens is 476 g/mol. The minimum absolute atomic E-state index is 0.0610. The van der Waals surface area contributed by atoms with E-state index in [0.29, 0.717) is 22.6 Å². The van der Waals surface area contributed by atoms with Crippen molar-refractivity contribution in [3.63, 3.8) is 0 Å². The summed E-state index contributed by atoms with van der Waals surface area (Å²) in [6.07, 6.45) is 0. The Morgan fingerprint density at radius 1 is 0.844 bits per heavy atom. The first-order valence-corrected chi connectivity index (χ1v) is 10.6. The van der Waals surface area contributed by atoms with E-state index in [1.807, 2.05) is 30.3 Å². The van der Waals surface area contributed by atoms with Gasteiger partial charge in [0.1, 0.15) is 12.0 Å². The van der Waals surface area contributed by atoms with Gasteiger partial charge in [0.2, 0.25) is 5.91 Å². The predicted molar refractivity (Wildman–Crippen MR) is 122 cm³/mol. The molecule has 8 nitrogen and oxygen atoms in total. The zero-order valence-electron chi connectivity index (χ0n) is 16.5. The van der Waals surface area contributed by atoms with Gasteiger partial charge in [0.15, 0.2) is 0 Å². The Morgan fingerprint density at radius 3 is 2.12 bits per heavy atom. The van der Waals surface area contributed by atoms with Crippen LogP contribution in [-0.4, -0.2) is 28.5 Å². The molecule has 0 bridgehead atoms. The Hall–Kier alpha value is -3.85. The molecule has 9 heteroatoms. The first-order valence-electron chi connectivity index (χ1n) is 9.76. The van der Waals surface area contributed by atoms with Gasteiger partial charge in [0.25, 0.3) is 11.6 Å². The Kier molecular flexibility index (Phi) is 4.82. The fraction of sp³-hybridized carbons (Fsp3) is 0.0870. The fourth-order valence-electron chi connectivity index (χ4n) is 4.05. The van der Waals surface area contributed by atoms with Crippen molar-refractivity contribution in [1.82, 2.24) is 0 Å². The van der Waals surface area contributed by atoms with Gasteiger partial charge in [0.05, 0.1) is 22.0 Å². The van der Waals surface area contributed by atoms with Crippen molar-refractivity contribution in [1.29, 1.82) is 0 Å². The minimum Gasteiger partial charge on any atom is -0.273 e. The van der Waals surface area contributed by atoms with Gasteiger partial charge in [-0.2, -0.15) is 5.10 Å². The zero-order valence-corrected chi connectivity index (χ0v) is 18.0. The molecule has 1 fully saturated rings. The van der Waals surface area contributed by atoms with E-state index in [-0.39, 0.29) is 17.5 Å². The quantitative estimate of drug-likeness (QED) is 0.311.